The van der Waals surface area contributed by atoms with Gasteiger partial charge in [-0.2, -0.15) is 0 Å². The van der Waals surface area contributed by atoms with Crippen LogP contribution in [0.5, 0.6) is 5.75 Å². The molecule has 0 heterocycles. The highest BCUT2D eigenvalue weighted by molar-refractivity contribution is 7.89. The zero-order valence-corrected chi connectivity index (χ0v) is 18.7. The number of nitrogens with one attached hydrogen (secondary N) is 1. The Kier molecular flexibility index (Phi) is 6.65. The smallest absolute Gasteiger partial charge is 0.212 e. The third kappa shape index (κ3) is 5.45. The minimum Gasteiger partial charge on any atom is -0.494 e. The van der Waals surface area contributed by atoms with Gasteiger partial charge in [-0.25, -0.2) is 17.9 Å². The Morgan fingerprint density at radius 2 is 2.03 bits per heavy atom. The molecule has 3 atom stereocenters. The van der Waals surface area contributed by atoms with E-state index < -0.39 is 15.3 Å². The zero-order valence-electron chi connectivity index (χ0n) is 17.9. The van der Waals surface area contributed by atoms with Gasteiger partial charge >= 0.3 is 0 Å². The van der Waals surface area contributed by atoms with E-state index >= 15 is 0 Å². The van der Waals surface area contributed by atoms with Gasteiger partial charge in [0.25, 0.3) is 0 Å². The molecule has 2 aliphatic carbocycles. The van der Waals surface area contributed by atoms with E-state index in [1.165, 1.54) is 17.2 Å². The molecule has 0 bridgehead atoms. The molecule has 2 aromatic rings. The number of primary sulfonamides is 1. The Bertz CT molecular complexity index is 1020. The van der Waals surface area contributed by atoms with Crippen LogP contribution in [0, 0.1) is 17.7 Å². The first-order valence-corrected chi connectivity index (χ1v) is 12.6. The van der Waals surface area contributed by atoms with Gasteiger partial charge in [0, 0.05) is 0 Å². The topological polar surface area (TPSA) is 81.4 Å². The molecular weight excluding hydrogens is 415 g/mol. The van der Waals surface area contributed by atoms with Crippen LogP contribution >= 0.6 is 0 Å². The number of fused-ring (bicyclic) bond motifs is 1. The van der Waals surface area contributed by atoms with E-state index in [2.05, 4.69) is 17.4 Å². The normalized spacial score (nSPS) is 21.6. The second kappa shape index (κ2) is 9.27. The average Bonchev–Trinajstić information content (AvgIpc) is 3.49. The van der Waals surface area contributed by atoms with Crippen molar-refractivity contribution in [1.29, 1.82) is 0 Å². The minimum absolute atomic E-state index is 0.177. The quantitative estimate of drug-likeness (QED) is 0.586. The predicted molar refractivity (Wildman–Crippen MR) is 120 cm³/mol. The molecule has 3 unspecified atom stereocenters. The maximum atomic E-state index is 13.7. The van der Waals surface area contributed by atoms with Gasteiger partial charge < -0.3 is 10.1 Å². The van der Waals surface area contributed by atoms with Gasteiger partial charge in [0.05, 0.1) is 11.9 Å². The molecule has 0 spiro atoms. The number of hydrogen-bond donors (Lipinski definition) is 2. The molecule has 0 radical (unpaired) electrons. The summed E-state index contributed by atoms with van der Waals surface area (Å²) in [5.41, 5.74) is 3.53. The Balaban J connectivity index is 1.47. The van der Waals surface area contributed by atoms with Gasteiger partial charge in [0.15, 0.2) is 0 Å². The standard InChI is InChI=1S/C24H31FN2O3S/c1-27-15-19-13-18-7-8-21(30-10-9-24(17-5-6-17)31(26,28)29)14-23(18)22(19)12-16-3-2-4-20(25)11-16/h2-4,7-8,11,14,17,19,22,24,27H,5-6,9-10,12-13,15H2,1H3,(H2,26,28,29). The van der Waals surface area contributed by atoms with Crippen LogP contribution in [0.3, 0.4) is 0 Å². The van der Waals surface area contributed by atoms with Crippen molar-refractivity contribution in [3.05, 3.63) is 65.0 Å². The lowest BCUT2D eigenvalue weighted by molar-refractivity contribution is 0.303. The third-order valence-corrected chi connectivity index (χ3v) is 8.08. The fraction of sp³-hybridized carbons (Fsp3) is 0.500. The summed E-state index contributed by atoms with van der Waals surface area (Å²) in [6.07, 6.45) is 4.01. The Morgan fingerprint density at radius 1 is 1.23 bits per heavy atom. The van der Waals surface area contributed by atoms with Gasteiger partial charge in [-0.15, -0.1) is 0 Å². The summed E-state index contributed by atoms with van der Waals surface area (Å²) in [6.45, 7) is 1.22. The third-order valence-electron chi connectivity index (χ3n) is 6.62. The summed E-state index contributed by atoms with van der Waals surface area (Å²) >= 11 is 0. The second-order valence-electron chi connectivity index (χ2n) is 8.93. The molecule has 5 nitrogen and oxygen atoms in total. The molecular formula is C24H31FN2O3S. The number of hydrogen-bond acceptors (Lipinski definition) is 4. The number of rotatable bonds is 10. The first kappa shape index (κ1) is 22.2. The SMILES string of the molecule is CNCC1Cc2ccc(OCCC(C3CC3)S(N)(=O)=O)cc2C1Cc1cccc(F)c1. The molecule has 168 valence electrons. The minimum atomic E-state index is -3.54. The highest BCUT2D eigenvalue weighted by Gasteiger charge is 2.38. The van der Waals surface area contributed by atoms with Crippen molar-refractivity contribution in [2.75, 3.05) is 20.2 Å². The fourth-order valence-electron chi connectivity index (χ4n) is 4.97. The van der Waals surface area contributed by atoms with Crippen LogP contribution in [0.25, 0.3) is 0 Å². The molecule has 0 saturated heterocycles. The van der Waals surface area contributed by atoms with Gasteiger partial charge in [-0.3, -0.25) is 0 Å². The second-order valence-corrected chi connectivity index (χ2v) is 10.7. The number of benzene rings is 2. The van der Waals surface area contributed by atoms with Crippen molar-refractivity contribution < 1.29 is 17.5 Å². The van der Waals surface area contributed by atoms with Gasteiger partial charge in [-0.05, 0) is 104 Å². The molecule has 31 heavy (non-hydrogen) atoms. The van der Waals surface area contributed by atoms with Crippen molar-refractivity contribution in [1.82, 2.24) is 5.32 Å². The van der Waals surface area contributed by atoms with Crippen LogP contribution in [0.2, 0.25) is 0 Å². The Morgan fingerprint density at radius 3 is 2.71 bits per heavy atom. The van der Waals surface area contributed by atoms with E-state index in [4.69, 9.17) is 9.88 Å². The molecule has 1 fully saturated rings. The first-order valence-electron chi connectivity index (χ1n) is 11.0. The van der Waals surface area contributed by atoms with E-state index in [1.54, 1.807) is 12.1 Å². The fourth-order valence-corrected chi connectivity index (χ4v) is 6.21. The summed E-state index contributed by atoms with van der Waals surface area (Å²) in [6, 6.07) is 13.0. The molecule has 2 aliphatic rings. The maximum Gasteiger partial charge on any atom is 0.212 e. The zero-order chi connectivity index (χ0) is 22.0. The summed E-state index contributed by atoms with van der Waals surface area (Å²) in [7, 11) is -1.59. The Labute approximate surface area is 184 Å². The van der Waals surface area contributed by atoms with Crippen LogP contribution in [-0.4, -0.2) is 33.9 Å². The number of halogens is 1. The Hall–Kier alpha value is -1.96. The van der Waals surface area contributed by atoms with Gasteiger partial charge in [0.1, 0.15) is 11.6 Å². The molecule has 2 aromatic carbocycles. The molecule has 0 amide bonds. The van der Waals surface area contributed by atoms with Crippen molar-refractivity contribution in [3.8, 4) is 5.75 Å². The number of ether oxygens (including phenoxy) is 1. The van der Waals surface area contributed by atoms with Gasteiger partial charge in [0.2, 0.25) is 10.0 Å². The summed E-state index contributed by atoms with van der Waals surface area (Å²) < 4.78 is 43.3. The monoisotopic (exact) mass is 446 g/mol. The van der Waals surface area contributed by atoms with Gasteiger partial charge in [-0.1, -0.05) is 18.2 Å². The number of sulfonamides is 1. The van der Waals surface area contributed by atoms with E-state index in [0.717, 1.165) is 43.5 Å². The van der Waals surface area contributed by atoms with E-state index in [0.29, 0.717) is 18.9 Å². The van der Waals surface area contributed by atoms with Crippen molar-refractivity contribution in [3.63, 3.8) is 0 Å². The molecule has 3 N–H and O–H groups in total. The van der Waals surface area contributed by atoms with E-state index in [-0.39, 0.29) is 17.7 Å². The largest absolute Gasteiger partial charge is 0.494 e. The molecule has 0 aromatic heterocycles. The summed E-state index contributed by atoms with van der Waals surface area (Å²) in [4.78, 5) is 0. The summed E-state index contributed by atoms with van der Waals surface area (Å²) in [5, 5.41) is 8.18. The predicted octanol–water partition coefficient (Wildman–Crippen LogP) is 3.38. The average molecular weight is 447 g/mol. The lowest BCUT2D eigenvalue weighted by Gasteiger charge is -2.21. The lowest BCUT2D eigenvalue weighted by Crippen LogP contribution is -2.31. The van der Waals surface area contributed by atoms with Crippen molar-refractivity contribution in [2.45, 2.75) is 43.3 Å². The van der Waals surface area contributed by atoms with Crippen molar-refractivity contribution >= 4 is 10.0 Å². The molecule has 7 heteroatoms. The van der Waals surface area contributed by atoms with Crippen LogP contribution in [0.4, 0.5) is 4.39 Å². The maximum absolute atomic E-state index is 13.7. The van der Waals surface area contributed by atoms with E-state index in [9.17, 15) is 12.8 Å². The highest BCUT2D eigenvalue weighted by atomic mass is 32.2. The molecule has 4 rings (SSSR count). The van der Waals surface area contributed by atoms with Crippen LogP contribution in [0.15, 0.2) is 42.5 Å². The molecule has 0 aliphatic heterocycles. The van der Waals surface area contributed by atoms with E-state index in [1.807, 2.05) is 19.2 Å². The molecule has 1 saturated carbocycles. The number of nitrogens with two attached hydrogens (primary N) is 1. The first-order chi connectivity index (χ1) is 14.8. The highest BCUT2D eigenvalue weighted by Crippen LogP contribution is 2.42. The van der Waals surface area contributed by atoms with Crippen LogP contribution in [0.1, 0.15) is 41.9 Å². The van der Waals surface area contributed by atoms with Crippen molar-refractivity contribution in [2.24, 2.45) is 17.0 Å². The lowest BCUT2D eigenvalue weighted by atomic mass is 9.86. The summed E-state index contributed by atoms with van der Waals surface area (Å²) in [5.74, 6) is 1.42. The van der Waals surface area contributed by atoms with Crippen LogP contribution in [-0.2, 0) is 22.9 Å². The van der Waals surface area contributed by atoms with Crippen LogP contribution < -0.4 is 15.2 Å².